The van der Waals surface area contributed by atoms with Crippen molar-refractivity contribution in [2.45, 2.75) is 47.1 Å². The molecule has 3 heteroatoms. The molecular formula is C15H24O3. The summed E-state index contributed by atoms with van der Waals surface area (Å²) in [6.45, 7) is 10.3. The van der Waals surface area contributed by atoms with Crippen molar-refractivity contribution in [2.75, 3.05) is 6.61 Å². The molecule has 0 spiro atoms. The number of carbonyl (C=O) groups excluding carboxylic acids is 1. The maximum atomic E-state index is 11.8. The second-order valence-corrected chi connectivity index (χ2v) is 7.27. The van der Waals surface area contributed by atoms with E-state index in [1.54, 1.807) is 0 Å². The van der Waals surface area contributed by atoms with E-state index in [1.165, 1.54) is 0 Å². The molecule has 0 aromatic carbocycles. The zero-order chi connectivity index (χ0) is 13.7. The fraction of sp³-hybridized carbons (Fsp3) is 0.800. The maximum Gasteiger partial charge on any atom is 0.311 e. The van der Waals surface area contributed by atoms with Crippen LogP contribution in [0, 0.1) is 22.7 Å². The lowest BCUT2D eigenvalue weighted by molar-refractivity contribution is -0.153. The van der Waals surface area contributed by atoms with Gasteiger partial charge in [0.25, 0.3) is 0 Å². The highest BCUT2D eigenvalue weighted by atomic mass is 16.5. The molecule has 3 aliphatic rings. The average molecular weight is 252 g/mol. The zero-order valence-electron chi connectivity index (χ0n) is 12.0. The van der Waals surface area contributed by atoms with Crippen molar-refractivity contribution in [3.63, 3.8) is 0 Å². The number of rotatable bonds is 2. The molecule has 3 atom stereocenters. The summed E-state index contributed by atoms with van der Waals surface area (Å²) in [5.41, 5.74) is 0.760. The molecule has 3 rings (SSSR count). The summed E-state index contributed by atoms with van der Waals surface area (Å²) in [6, 6.07) is 0. The molecule has 18 heavy (non-hydrogen) atoms. The predicted octanol–water partition coefficient (Wildman–Crippen LogP) is 2.54. The summed E-state index contributed by atoms with van der Waals surface area (Å²) < 4.78 is 5.36. The highest BCUT2D eigenvalue weighted by Gasteiger charge is 2.55. The summed E-state index contributed by atoms with van der Waals surface area (Å²) in [5.74, 6) is 0.639. The normalized spacial score (nSPS) is 33.4. The maximum absolute atomic E-state index is 11.8. The van der Waals surface area contributed by atoms with Crippen LogP contribution in [0.4, 0.5) is 0 Å². The first-order valence-corrected chi connectivity index (χ1v) is 6.70. The molecule has 0 saturated heterocycles. The molecule has 1 saturated carbocycles. The second-order valence-electron chi connectivity index (χ2n) is 7.27. The number of carbonyl (C=O) groups is 1. The van der Waals surface area contributed by atoms with E-state index < -0.39 is 5.41 Å². The van der Waals surface area contributed by atoms with Gasteiger partial charge >= 0.3 is 5.97 Å². The van der Waals surface area contributed by atoms with Gasteiger partial charge in [-0.25, -0.2) is 0 Å². The van der Waals surface area contributed by atoms with Crippen molar-refractivity contribution < 1.29 is 14.6 Å². The Morgan fingerprint density at radius 1 is 1.50 bits per heavy atom. The molecule has 3 aliphatic carbocycles. The van der Waals surface area contributed by atoms with Crippen LogP contribution in [0.15, 0.2) is 11.6 Å². The summed E-state index contributed by atoms with van der Waals surface area (Å²) in [6.07, 6.45) is 2.53. The smallest absolute Gasteiger partial charge is 0.311 e. The Kier molecular flexibility index (Phi) is 3.09. The van der Waals surface area contributed by atoms with E-state index in [0.717, 1.165) is 12.0 Å². The third-order valence-electron chi connectivity index (χ3n) is 4.57. The number of aliphatic hydroxyl groups is 1. The lowest BCUT2D eigenvalue weighted by Crippen LogP contribution is -2.54. The fourth-order valence-corrected chi connectivity index (χ4v) is 3.13. The van der Waals surface area contributed by atoms with Crippen molar-refractivity contribution >= 4 is 5.97 Å². The van der Waals surface area contributed by atoms with Crippen molar-refractivity contribution in [3.8, 4) is 0 Å². The molecule has 3 nitrogen and oxygen atoms in total. The molecular weight excluding hydrogens is 228 g/mol. The van der Waals surface area contributed by atoms with E-state index in [4.69, 9.17) is 4.74 Å². The van der Waals surface area contributed by atoms with Gasteiger partial charge in [-0.1, -0.05) is 19.9 Å². The van der Waals surface area contributed by atoms with Gasteiger partial charge in [0.2, 0.25) is 0 Å². The van der Waals surface area contributed by atoms with Crippen molar-refractivity contribution in [3.05, 3.63) is 11.6 Å². The minimum absolute atomic E-state index is 0.137. The van der Waals surface area contributed by atoms with Crippen molar-refractivity contribution in [1.29, 1.82) is 0 Å². The Balaban J connectivity index is 2.01. The van der Waals surface area contributed by atoms with Crippen LogP contribution in [0.2, 0.25) is 0 Å². The molecule has 0 aromatic rings. The van der Waals surface area contributed by atoms with Gasteiger partial charge in [0.1, 0.15) is 6.61 Å². The van der Waals surface area contributed by atoms with Crippen molar-refractivity contribution in [2.24, 2.45) is 22.7 Å². The van der Waals surface area contributed by atoms with Crippen LogP contribution in [0.25, 0.3) is 0 Å². The van der Waals surface area contributed by atoms with E-state index in [0.29, 0.717) is 18.4 Å². The number of aliphatic hydroxyl groups excluding tert-OH is 1. The Morgan fingerprint density at radius 3 is 2.56 bits per heavy atom. The molecule has 0 radical (unpaired) electrons. The molecule has 0 aromatic heterocycles. The van der Waals surface area contributed by atoms with Crippen LogP contribution in [0.1, 0.15) is 41.0 Å². The molecule has 0 heterocycles. The largest absolute Gasteiger partial charge is 0.461 e. The molecule has 1 N–H and O–H groups in total. The highest BCUT2D eigenvalue weighted by Crippen LogP contribution is 2.59. The number of fused-ring (bicyclic) bond motifs is 1. The second kappa shape index (κ2) is 4.09. The number of esters is 1. The van der Waals surface area contributed by atoms with Gasteiger partial charge in [0.15, 0.2) is 0 Å². The van der Waals surface area contributed by atoms with E-state index in [-0.39, 0.29) is 17.5 Å². The first-order valence-electron chi connectivity index (χ1n) is 6.70. The van der Waals surface area contributed by atoms with E-state index in [1.807, 2.05) is 26.8 Å². The quantitative estimate of drug-likeness (QED) is 0.607. The standard InChI is InChI=1S/C15H24O3/c1-14(2,3)13(17)18-8-9-6-12(16)11-7-10(9)15(11,4)5/h6,10-12,16H,7-8H2,1-5H3/t10-,11-,12?/m0/s1. The van der Waals surface area contributed by atoms with Gasteiger partial charge in [-0.3, -0.25) is 4.79 Å². The fourth-order valence-electron chi connectivity index (χ4n) is 3.13. The van der Waals surface area contributed by atoms with Gasteiger partial charge in [-0.05, 0) is 50.0 Å². The highest BCUT2D eigenvalue weighted by molar-refractivity contribution is 5.75. The Labute approximate surface area is 109 Å². The SMILES string of the molecule is CC(C)(C)C(=O)OCC1=CC(O)[C@@H]2C[C@@H]1C2(C)C. The monoisotopic (exact) mass is 252 g/mol. The molecule has 2 bridgehead atoms. The van der Waals surface area contributed by atoms with Crippen LogP contribution >= 0.6 is 0 Å². The Morgan fingerprint density at radius 2 is 2.11 bits per heavy atom. The topological polar surface area (TPSA) is 46.5 Å². The molecule has 1 fully saturated rings. The third kappa shape index (κ3) is 2.09. The van der Waals surface area contributed by atoms with Gasteiger partial charge in [0, 0.05) is 0 Å². The summed E-state index contributed by atoms with van der Waals surface area (Å²) in [4.78, 5) is 11.8. The lowest BCUT2D eigenvalue weighted by atomic mass is 9.48. The third-order valence-corrected chi connectivity index (χ3v) is 4.57. The summed E-state index contributed by atoms with van der Waals surface area (Å²) >= 11 is 0. The number of hydrogen-bond donors (Lipinski definition) is 1. The van der Waals surface area contributed by atoms with Gasteiger partial charge in [-0.15, -0.1) is 0 Å². The van der Waals surface area contributed by atoms with Gasteiger partial charge in [-0.2, -0.15) is 0 Å². The summed E-state index contributed by atoms with van der Waals surface area (Å²) in [7, 11) is 0. The minimum Gasteiger partial charge on any atom is -0.461 e. The Hall–Kier alpha value is -0.830. The van der Waals surface area contributed by atoms with Crippen LogP contribution in [0.3, 0.4) is 0 Å². The van der Waals surface area contributed by atoms with Gasteiger partial charge in [0.05, 0.1) is 11.5 Å². The van der Waals surface area contributed by atoms with Crippen molar-refractivity contribution in [1.82, 2.24) is 0 Å². The average Bonchev–Trinajstić information content (AvgIpc) is 2.23. The molecule has 0 amide bonds. The minimum atomic E-state index is -0.467. The lowest BCUT2D eigenvalue weighted by Gasteiger charge is -2.58. The van der Waals surface area contributed by atoms with Gasteiger partial charge < -0.3 is 9.84 Å². The molecule has 0 aliphatic heterocycles. The summed E-state index contributed by atoms with van der Waals surface area (Å²) in [5, 5.41) is 10.0. The Bertz CT molecular complexity index is 387. The number of ether oxygens (including phenoxy) is 1. The van der Waals surface area contributed by atoms with E-state index in [2.05, 4.69) is 13.8 Å². The molecule has 1 unspecified atom stereocenters. The van der Waals surface area contributed by atoms with E-state index >= 15 is 0 Å². The number of hydrogen-bond acceptors (Lipinski definition) is 3. The first kappa shape index (κ1) is 13.6. The first-order chi connectivity index (χ1) is 8.14. The molecule has 102 valence electrons. The van der Waals surface area contributed by atoms with Crippen LogP contribution in [-0.2, 0) is 9.53 Å². The predicted molar refractivity (Wildman–Crippen MR) is 69.9 cm³/mol. The zero-order valence-corrected chi connectivity index (χ0v) is 12.0. The van der Waals surface area contributed by atoms with E-state index in [9.17, 15) is 9.90 Å². The van der Waals surface area contributed by atoms with Crippen LogP contribution in [0.5, 0.6) is 0 Å². The van der Waals surface area contributed by atoms with Crippen LogP contribution < -0.4 is 0 Å². The van der Waals surface area contributed by atoms with Crippen LogP contribution in [-0.4, -0.2) is 23.8 Å².